The maximum absolute atomic E-state index is 12.6. The van der Waals surface area contributed by atoms with Gasteiger partial charge in [0.1, 0.15) is 5.75 Å². The van der Waals surface area contributed by atoms with Crippen molar-refractivity contribution in [3.8, 4) is 5.75 Å². The van der Waals surface area contributed by atoms with Crippen molar-refractivity contribution in [2.45, 2.75) is 52.1 Å². The predicted molar refractivity (Wildman–Crippen MR) is 114 cm³/mol. The highest BCUT2D eigenvalue weighted by Gasteiger charge is 2.43. The Balaban J connectivity index is 1.20. The first-order chi connectivity index (χ1) is 14.0. The minimum absolute atomic E-state index is 0.0956. The van der Waals surface area contributed by atoms with Gasteiger partial charge in [-0.2, -0.15) is 0 Å². The molecule has 160 valence electrons. The minimum Gasteiger partial charge on any atom is -0.484 e. The van der Waals surface area contributed by atoms with Crippen LogP contribution in [0.25, 0.3) is 0 Å². The number of amides is 1. The number of nitrogens with zero attached hydrogens (tertiary/aromatic N) is 2. The topological polar surface area (TPSA) is 42.0 Å². The van der Waals surface area contributed by atoms with Crippen molar-refractivity contribution < 1.29 is 14.3 Å². The monoisotopic (exact) mass is 400 g/mol. The lowest BCUT2D eigenvalue weighted by Crippen LogP contribution is -2.45. The molecule has 1 aromatic rings. The second kappa shape index (κ2) is 9.05. The molecule has 0 unspecified atom stereocenters. The summed E-state index contributed by atoms with van der Waals surface area (Å²) in [5, 5.41) is 0. The summed E-state index contributed by atoms with van der Waals surface area (Å²) in [6.07, 6.45) is 6.31. The van der Waals surface area contributed by atoms with E-state index in [1.54, 1.807) is 0 Å². The lowest BCUT2D eigenvalue weighted by atomic mass is 9.76. The average molecular weight is 401 g/mol. The van der Waals surface area contributed by atoms with Crippen LogP contribution >= 0.6 is 0 Å². The third-order valence-corrected chi connectivity index (χ3v) is 7.05. The molecule has 1 aromatic carbocycles. The molecule has 1 amide bonds. The Kier molecular flexibility index (Phi) is 6.45. The third kappa shape index (κ3) is 5.32. The van der Waals surface area contributed by atoms with E-state index in [1.807, 2.05) is 36.1 Å². The quantitative estimate of drug-likeness (QED) is 0.759. The second-order valence-corrected chi connectivity index (χ2v) is 9.63. The van der Waals surface area contributed by atoms with Crippen molar-refractivity contribution in [3.05, 3.63) is 29.8 Å². The number of carbonyl (C=O) groups is 1. The molecule has 3 fully saturated rings. The van der Waals surface area contributed by atoms with E-state index in [0.717, 1.165) is 57.2 Å². The Morgan fingerprint density at radius 1 is 1.21 bits per heavy atom. The van der Waals surface area contributed by atoms with Crippen LogP contribution in [-0.4, -0.2) is 67.7 Å². The van der Waals surface area contributed by atoms with Gasteiger partial charge in [0.05, 0.1) is 12.7 Å². The van der Waals surface area contributed by atoms with Crippen LogP contribution in [0, 0.1) is 18.3 Å². The number of aryl methyl sites for hydroxylation is 1. The molecule has 29 heavy (non-hydrogen) atoms. The summed E-state index contributed by atoms with van der Waals surface area (Å²) in [4.78, 5) is 17.1. The van der Waals surface area contributed by atoms with E-state index in [1.165, 1.54) is 31.5 Å². The third-order valence-electron chi connectivity index (χ3n) is 7.05. The highest BCUT2D eigenvalue weighted by Crippen LogP contribution is 2.42. The van der Waals surface area contributed by atoms with Crippen molar-refractivity contribution in [2.75, 3.05) is 45.9 Å². The summed E-state index contributed by atoms with van der Waals surface area (Å²) in [5.41, 5.74) is 1.47. The van der Waals surface area contributed by atoms with E-state index in [0.29, 0.717) is 6.10 Å². The van der Waals surface area contributed by atoms with E-state index < -0.39 is 0 Å². The highest BCUT2D eigenvalue weighted by atomic mass is 16.5. The number of benzene rings is 1. The predicted octanol–water partition coefficient (Wildman–Crippen LogP) is 3.50. The molecule has 3 aliphatic rings. The van der Waals surface area contributed by atoms with Gasteiger partial charge in [0.25, 0.3) is 5.91 Å². The van der Waals surface area contributed by atoms with E-state index in [-0.39, 0.29) is 17.9 Å². The van der Waals surface area contributed by atoms with Gasteiger partial charge in [0, 0.05) is 26.2 Å². The van der Waals surface area contributed by atoms with Crippen molar-refractivity contribution in [1.82, 2.24) is 9.80 Å². The van der Waals surface area contributed by atoms with Crippen molar-refractivity contribution in [2.24, 2.45) is 11.3 Å². The van der Waals surface area contributed by atoms with E-state index in [2.05, 4.69) is 11.8 Å². The maximum atomic E-state index is 12.6. The minimum atomic E-state index is 0.0956. The van der Waals surface area contributed by atoms with Crippen LogP contribution in [0.3, 0.4) is 0 Å². The summed E-state index contributed by atoms with van der Waals surface area (Å²) >= 11 is 0. The Labute approximate surface area is 175 Å². The van der Waals surface area contributed by atoms with Gasteiger partial charge in [-0.25, -0.2) is 0 Å². The average Bonchev–Trinajstić information content (AvgIpc) is 3.10. The maximum Gasteiger partial charge on any atom is 0.260 e. The molecule has 5 nitrogen and oxygen atoms in total. The standard InChI is InChI=1S/C24H36N2O3/c1-19-5-7-21(8-6-19)28-17-23(27)26-12-9-24(10-13-26)14-22(29-18-24)16-25-11-3-4-20(2)15-25/h5-8,20,22H,3-4,9-18H2,1-2H3/t20-,22+/m0/s1. The Morgan fingerprint density at radius 2 is 1.97 bits per heavy atom. The number of rotatable bonds is 5. The molecule has 3 heterocycles. The summed E-state index contributed by atoms with van der Waals surface area (Å²) in [6, 6.07) is 7.86. The van der Waals surface area contributed by atoms with Crippen molar-refractivity contribution in [3.63, 3.8) is 0 Å². The smallest absolute Gasteiger partial charge is 0.260 e. The van der Waals surface area contributed by atoms with Gasteiger partial charge in [0.2, 0.25) is 0 Å². The van der Waals surface area contributed by atoms with Crippen molar-refractivity contribution in [1.29, 1.82) is 0 Å². The van der Waals surface area contributed by atoms with Crippen LogP contribution in [0.15, 0.2) is 24.3 Å². The fourth-order valence-electron chi connectivity index (χ4n) is 5.20. The van der Waals surface area contributed by atoms with Crippen molar-refractivity contribution >= 4 is 5.91 Å². The van der Waals surface area contributed by atoms with Crippen LogP contribution in [0.1, 0.15) is 44.6 Å². The highest BCUT2D eigenvalue weighted by molar-refractivity contribution is 5.77. The van der Waals surface area contributed by atoms with E-state index in [9.17, 15) is 4.79 Å². The summed E-state index contributed by atoms with van der Waals surface area (Å²) < 4.78 is 11.9. The fraction of sp³-hybridized carbons (Fsp3) is 0.708. The zero-order chi connectivity index (χ0) is 20.3. The Bertz CT molecular complexity index is 682. The van der Waals surface area contributed by atoms with Crippen LogP contribution < -0.4 is 4.74 Å². The Hall–Kier alpha value is -1.59. The van der Waals surface area contributed by atoms with Gasteiger partial charge < -0.3 is 19.3 Å². The molecule has 4 rings (SSSR count). The van der Waals surface area contributed by atoms with Crippen LogP contribution in [-0.2, 0) is 9.53 Å². The zero-order valence-electron chi connectivity index (χ0n) is 18.1. The molecule has 0 aliphatic carbocycles. The van der Waals surface area contributed by atoms with Gasteiger partial charge >= 0.3 is 0 Å². The fourth-order valence-corrected chi connectivity index (χ4v) is 5.20. The van der Waals surface area contributed by atoms with Gasteiger partial charge in [-0.05, 0) is 69.0 Å². The second-order valence-electron chi connectivity index (χ2n) is 9.63. The first-order valence-corrected chi connectivity index (χ1v) is 11.3. The largest absolute Gasteiger partial charge is 0.484 e. The first-order valence-electron chi connectivity index (χ1n) is 11.3. The van der Waals surface area contributed by atoms with E-state index in [4.69, 9.17) is 9.47 Å². The molecule has 0 aromatic heterocycles. The summed E-state index contributed by atoms with van der Waals surface area (Å²) in [5.74, 6) is 1.67. The van der Waals surface area contributed by atoms with Gasteiger partial charge in [-0.15, -0.1) is 0 Å². The molecule has 3 aliphatic heterocycles. The lowest BCUT2D eigenvalue weighted by molar-refractivity contribution is -0.135. The number of ether oxygens (including phenoxy) is 2. The Morgan fingerprint density at radius 3 is 2.69 bits per heavy atom. The molecule has 2 atom stereocenters. The van der Waals surface area contributed by atoms with Gasteiger partial charge in [0.15, 0.2) is 6.61 Å². The number of piperidine rings is 2. The molecular weight excluding hydrogens is 364 g/mol. The van der Waals surface area contributed by atoms with Gasteiger partial charge in [-0.1, -0.05) is 24.6 Å². The molecule has 0 saturated carbocycles. The molecule has 0 N–H and O–H groups in total. The van der Waals surface area contributed by atoms with Gasteiger partial charge in [-0.3, -0.25) is 4.79 Å². The number of hydrogen-bond acceptors (Lipinski definition) is 4. The normalized spacial score (nSPS) is 27.3. The summed E-state index contributed by atoms with van der Waals surface area (Å²) in [6.45, 7) is 10.6. The molecule has 5 heteroatoms. The zero-order valence-corrected chi connectivity index (χ0v) is 18.1. The molecule has 0 radical (unpaired) electrons. The van der Waals surface area contributed by atoms with Crippen LogP contribution in [0.4, 0.5) is 0 Å². The molecule has 0 bridgehead atoms. The molecule has 3 saturated heterocycles. The number of carbonyl (C=O) groups excluding carboxylic acids is 1. The SMILES string of the molecule is Cc1ccc(OCC(=O)N2CCC3(CC2)CO[C@@H](CN2CCC[C@H](C)C2)C3)cc1. The molecule has 1 spiro atoms. The van der Waals surface area contributed by atoms with Crippen LogP contribution in [0.2, 0.25) is 0 Å². The van der Waals surface area contributed by atoms with E-state index >= 15 is 0 Å². The number of likely N-dealkylation sites (tertiary alicyclic amines) is 2. The summed E-state index contributed by atoms with van der Waals surface area (Å²) in [7, 11) is 0. The first kappa shape index (κ1) is 20.7. The lowest BCUT2D eigenvalue weighted by Gasteiger charge is -2.38. The van der Waals surface area contributed by atoms with Crippen LogP contribution in [0.5, 0.6) is 5.75 Å². The number of hydrogen-bond donors (Lipinski definition) is 0. The molecular formula is C24H36N2O3.